The summed E-state index contributed by atoms with van der Waals surface area (Å²) in [6, 6.07) is 15.9. The maximum absolute atomic E-state index is 11.4. The van der Waals surface area contributed by atoms with Gasteiger partial charge in [-0.05, 0) is 48.2 Å². The molecule has 0 amide bonds. The molecule has 7 nitrogen and oxygen atoms in total. The highest BCUT2D eigenvalue weighted by Crippen LogP contribution is 2.38. The van der Waals surface area contributed by atoms with Gasteiger partial charge < -0.3 is 25.2 Å². The maximum Gasteiger partial charge on any atom is 0.337 e. The molecule has 0 fully saturated rings. The van der Waals surface area contributed by atoms with Crippen LogP contribution in [0.15, 0.2) is 60.9 Å². The van der Waals surface area contributed by atoms with E-state index in [4.69, 9.17) is 9.84 Å². The molecule has 0 saturated heterocycles. The molecule has 32 heavy (non-hydrogen) atoms. The largest absolute Gasteiger partial charge is 0.493 e. The fourth-order valence-electron chi connectivity index (χ4n) is 3.99. The molecule has 7 heteroatoms. The van der Waals surface area contributed by atoms with E-state index in [0.29, 0.717) is 25.3 Å². The fourth-order valence-corrected chi connectivity index (χ4v) is 3.99. The standard InChI is InChI=1S/C25H27N3O4/c1-28(19-4-2-17(3-5-19)9-12-29)20-6-7-21-18(10-13-32-24(21)14-20)15-27-23-16-26-11-8-22(23)25(30)31/h2-8,11,14,16,18,27,29H,9-10,12-13,15H2,1H3,(H,30,31)/t18-/m0/s1. The summed E-state index contributed by atoms with van der Waals surface area (Å²) < 4.78 is 5.96. The Labute approximate surface area is 187 Å². The van der Waals surface area contributed by atoms with Gasteiger partial charge in [0, 0.05) is 49.8 Å². The highest BCUT2D eigenvalue weighted by Gasteiger charge is 2.23. The molecular weight excluding hydrogens is 406 g/mol. The third kappa shape index (κ3) is 4.68. The van der Waals surface area contributed by atoms with Crippen molar-refractivity contribution < 1.29 is 19.7 Å². The predicted molar refractivity (Wildman–Crippen MR) is 124 cm³/mol. The molecule has 166 valence electrons. The summed E-state index contributed by atoms with van der Waals surface area (Å²) in [5.41, 5.74) is 5.03. The second-order valence-electron chi connectivity index (χ2n) is 7.86. The number of ether oxygens (including phenoxy) is 1. The number of nitrogens with one attached hydrogen (secondary N) is 1. The van der Waals surface area contributed by atoms with Gasteiger partial charge in [0.15, 0.2) is 0 Å². The van der Waals surface area contributed by atoms with Crippen molar-refractivity contribution >= 4 is 23.0 Å². The van der Waals surface area contributed by atoms with Gasteiger partial charge in [0.1, 0.15) is 5.75 Å². The van der Waals surface area contributed by atoms with E-state index in [1.165, 1.54) is 12.3 Å². The number of carboxylic acids is 1. The molecule has 0 unspecified atom stereocenters. The Balaban J connectivity index is 1.49. The van der Waals surface area contributed by atoms with Crippen molar-refractivity contribution in [2.24, 2.45) is 0 Å². The van der Waals surface area contributed by atoms with E-state index in [9.17, 15) is 9.90 Å². The lowest BCUT2D eigenvalue weighted by Crippen LogP contribution is -2.22. The molecule has 3 N–H and O–H groups in total. The number of aliphatic hydroxyl groups excluding tert-OH is 1. The quantitative estimate of drug-likeness (QED) is 0.493. The number of benzene rings is 2. The first-order chi connectivity index (χ1) is 15.6. The highest BCUT2D eigenvalue weighted by atomic mass is 16.5. The minimum Gasteiger partial charge on any atom is -0.493 e. The normalized spacial score (nSPS) is 14.9. The van der Waals surface area contributed by atoms with Gasteiger partial charge in [-0.2, -0.15) is 0 Å². The molecule has 1 aromatic heterocycles. The number of carboxylic acid groups (broad SMARTS) is 1. The molecule has 0 radical (unpaired) electrons. The molecular formula is C25H27N3O4. The first-order valence-corrected chi connectivity index (χ1v) is 10.7. The maximum atomic E-state index is 11.4. The van der Waals surface area contributed by atoms with Crippen LogP contribution in [0.2, 0.25) is 0 Å². The summed E-state index contributed by atoms with van der Waals surface area (Å²) in [4.78, 5) is 17.6. The molecule has 2 heterocycles. The average Bonchev–Trinajstić information content (AvgIpc) is 2.82. The third-order valence-corrected chi connectivity index (χ3v) is 5.86. The first kappa shape index (κ1) is 21.6. The van der Waals surface area contributed by atoms with Gasteiger partial charge in [-0.1, -0.05) is 18.2 Å². The Morgan fingerprint density at radius 3 is 2.72 bits per heavy atom. The Morgan fingerprint density at radius 1 is 1.19 bits per heavy atom. The molecule has 0 bridgehead atoms. The number of aliphatic hydroxyl groups is 1. The number of aromatic carboxylic acids is 1. The highest BCUT2D eigenvalue weighted by molar-refractivity contribution is 5.93. The van der Waals surface area contributed by atoms with E-state index in [-0.39, 0.29) is 18.1 Å². The summed E-state index contributed by atoms with van der Waals surface area (Å²) in [6.45, 7) is 1.36. The summed E-state index contributed by atoms with van der Waals surface area (Å²) >= 11 is 0. The zero-order valence-corrected chi connectivity index (χ0v) is 18.0. The van der Waals surface area contributed by atoms with Gasteiger partial charge in [0.25, 0.3) is 0 Å². The summed E-state index contributed by atoms with van der Waals surface area (Å²) in [6.07, 6.45) is 4.54. The van der Waals surface area contributed by atoms with Crippen molar-refractivity contribution in [1.82, 2.24) is 4.98 Å². The number of hydrogen-bond acceptors (Lipinski definition) is 6. The molecule has 0 saturated carbocycles. The smallest absolute Gasteiger partial charge is 0.337 e. The van der Waals surface area contributed by atoms with Crippen LogP contribution in [-0.4, -0.2) is 48.0 Å². The van der Waals surface area contributed by atoms with Crippen LogP contribution in [0, 0.1) is 0 Å². The van der Waals surface area contributed by atoms with E-state index in [1.807, 2.05) is 31.3 Å². The first-order valence-electron chi connectivity index (χ1n) is 10.7. The van der Waals surface area contributed by atoms with Gasteiger partial charge in [-0.15, -0.1) is 0 Å². The van der Waals surface area contributed by atoms with E-state index in [2.05, 4.69) is 33.4 Å². The van der Waals surface area contributed by atoms with Gasteiger partial charge in [-0.25, -0.2) is 4.79 Å². The van der Waals surface area contributed by atoms with Crippen LogP contribution in [0.5, 0.6) is 5.75 Å². The zero-order chi connectivity index (χ0) is 22.5. The lowest BCUT2D eigenvalue weighted by Gasteiger charge is -2.28. The lowest BCUT2D eigenvalue weighted by atomic mass is 9.92. The number of rotatable bonds is 8. The Bertz CT molecular complexity index is 1080. The van der Waals surface area contributed by atoms with Crippen molar-refractivity contribution in [3.05, 3.63) is 77.6 Å². The number of nitrogens with zero attached hydrogens (tertiary/aromatic N) is 2. The van der Waals surface area contributed by atoms with Crippen molar-refractivity contribution in [2.75, 3.05) is 37.0 Å². The van der Waals surface area contributed by atoms with E-state index in [1.54, 1.807) is 6.20 Å². The van der Waals surface area contributed by atoms with Gasteiger partial charge in [0.2, 0.25) is 0 Å². The van der Waals surface area contributed by atoms with Crippen LogP contribution >= 0.6 is 0 Å². The Morgan fingerprint density at radius 2 is 1.97 bits per heavy atom. The SMILES string of the molecule is CN(c1ccc(CCO)cc1)c1ccc2c(c1)OCC[C@H]2CNc1cnccc1C(=O)O. The van der Waals surface area contributed by atoms with Crippen LogP contribution in [0.4, 0.5) is 17.1 Å². The molecule has 0 spiro atoms. The second-order valence-corrected chi connectivity index (χ2v) is 7.86. The van der Waals surface area contributed by atoms with Crippen LogP contribution < -0.4 is 15.0 Å². The molecule has 1 aliphatic rings. The molecule has 0 aliphatic carbocycles. The number of fused-ring (bicyclic) bond motifs is 1. The minimum absolute atomic E-state index is 0.145. The summed E-state index contributed by atoms with van der Waals surface area (Å²) in [5.74, 6) is 0.0889. The van der Waals surface area contributed by atoms with Crippen molar-refractivity contribution in [3.63, 3.8) is 0 Å². The number of pyridine rings is 1. The average molecular weight is 434 g/mol. The minimum atomic E-state index is -0.973. The number of hydrogen-bond donors (Lipinski definition) is 3. The third-order valence-electron chi connectivity index (χ3n) is 5.86. The van der Waals surface area contributed by atoms with Gasteiger partial charge in [0.05, 0.1) is 24.1 Å². The van der Waals surface area contributed by atoms with Crippen LogP contribution in [0.25, 0.3) is 0 Å². The van der Waals surface area contributed by atoms with Crippen LogP contribution in [0.3, 0.4) is 0 Å². The zero-order valence-electron chi connectivity index (χ0n) is 18.0. The fraction of sp³-hybridized carbons (Fsp3) is 0.280. The van der Waals surface area contributed by atoms with Crippen LogP contribution in [0.1, 0.15) is 33.8 Å². The lowest BCUT2D eigenvalue weighted by molar-refractivity contribution is 0.0697. The van der Waals surface area contributed by atoms with Gasteiger partial charge in [-0.3, -0.25) is 4.98 Å². The van der Waals surface area contributed by atoms with Crippen LogP contribution in [-0.2, 0) is 6.42 Å². The van der Waals surface area contributed by atoms with E-state index < -0.39 is 5.97 Å². The Hall–Kier alpha value is -3.58. The van der Waals surface area contributed by atoms with Gasteiger partial charge >= 0.3 is 5.97 Å². The number of anilines is 3. The summed E-state index contributed by atoms with van der Waals surface area (Å²) in [5, 5.41) is 21.7. The van der Waals surface area contributed by atoms with Crippen molar-refractivity contribution in [3.8, 4) is 5.75 Å². The predicted octanol–water partition coefficient (Wildman–Crippen LogP) is 4.06. The molecule has 1 aliphatic heterocycles. The molecule has 4 rings (SSSR count). The molecule has 3 aromatic rings. The number of carbonyl (C=O) groups is 1. The number of aromatic nitrogens is 1. The molecule has 2 aromatic carbocycles. The van der Waals surface area contributed by atoms with E-state index >= 15 is 0 Å². The van der Waals surface area contributed by atoms with Crippen molar-refractivity contribution in [2.45, 2.75) is 18.8 Å². The van der Waals surface area contributed by atoms with E-state index in [0.717, 1.165) is 34.7 Å². The Kier molecular flexibility index (Phi) is 6.56. The topological polar surface area (TPSA) is 94.9 Å². The second kappa shape index (κ2) is 9.70. The monoisotopic (exact) mass is 433 g/mol. The summed E-state index contributed by atoms with van der Waals surface area (Å²) in [7, 11) is 2.01. The molecule has 1 atom stereocenters. The van der Waals surface area contributed by atoms with Crippen molar-refractivity contribution in [1.29, 1.82) is 0 Å².